The highest BCUT2D eigenvalue weighted by Gasteiger charge is 2.32. The molecule has 0 aliphatic heterocycles. The van der Waals surface area contributed by atoms with E-state index in [1.165, 1.54) is 12.5 Å². The van der Waals surface area contributed by atoms with Gasteiger partial charge in [-0.3, -0.25) is 14.4 Å². The van der Waals surface area contributed by atoms with E-state index < -0.39 is 0 Å². The number of benzene rings is 1. The van der Waals surface area contributed by atoms with Gasteiger partial charge in [-0.15, -0.1) is 0 Å². The Hall–Kier alpha value is -2.37. The van der Waals surface area contributed by atoms with Crippen LogP contribution in [0.4, 0.5) is 0 Å². The predicted octanol–water partition coefficient (Wildman–Crippen LogP) is 1.55. The van der Waals surface area contributed by atoms with E-state index in [0.717, 1.165) is 18.4 Å². The molecule has 1 aromatic carbocycles. The molecule has 0 bridgehead atoms. The molecule has 1 fully saturated rings. The van der Waals surface area contributed by atoms with Crippen molar-refractivity contribution in [1.82, 2.24) is 15.5 Å². The van der Waals surface area contributed by atoms with Crippen LogP contribution in [0, 0.1) is 0 Å². The molecule has 25 heavy (non-hydrogen) atoms. The molecule has 1 aliphatic rings. The van der Waals surface area contributed by atoms with E-state index >= 15 is 0 Å². The lowest BCUT2D eigenvalue weighted by Crippen LogP contribution is -2.43. The van der Waals surface area contributed by atoms with Crippen LogP contribution in [0.3, 0.4) is 0 Å². The van der Waals surface area contributed by atoms with Crippen LogP contribution in [0.5, 0.6) is 0 Å². The van der Waals surface area contributed by atoms with Gasteiger partial charge in [-0.25, -0.2) is 0 Å². The number of nitrogens with one attached hydrogen (secondary N) is 2. The first-order valence-corrected chi connectivity index (χ1v) is 8.76. The Morgan fingerprint density at radius 2 is 1.72 bits per heavy atom. The molecule has 0 radical (unpaired) electrons. The van der Waals surface area contributed by atoms with Crippen molar-refractivity contribution in [2.75, 3.05) is 13.1 Å². The number of rotatable bonds is 8. The van der Waals surface area contributed by atoms with Crippen LogP contribution in [0.1, 0.15) is 50.7 Å². The lowest BCUT2D eigenvalue weighted by atomic mass is 10.0. The molecule has 0 aromatic heterocycles. The lowest BCUT2D eigenvalue weighted by Gasteiger charge is -2.23. The fraction of sp³-hybridized carbons (Fsp3) is 0.526. The number of hydrogen-bond donors (Lipinski definition) is 2. The molecule has 0 saturated heterocycles. The van der Waals surface area contributed by atoms with Crippen LogP contribution >= 0.6 is 0 Å². The SMILES string of the molecule is CC(=O)NCC(=O)NCC(=O)N(Cc1ccc(C(C)C)cc1)C1CC1. The molecule has 2 rings (SSSR count). The molecule has 0 heterocycles. The molecule has 6 nitrogen and oxygen atoms in total. The summed E-state index contributed by atoms with van der Waals surface area (Å²) in [6.07, 6.45) is 2.02. The highest BCUT2D eigenvalue weighted by molar-refractivity contribution is 5.87. The molecule has 0 spiro atoms. The largest absolute Gasteiger partial charge is 0.347 e. The minimum Gasteiger partial charge on any atom is -0.347 e. The maximum Gasteiger partial charge on any atom is 0.242 e. The molecular weight excluding hydrogens is 318 g/mol. The van der Waals surface area contributed by atoms with E-state index in [9.17, 15) is 14.4 Å². The smallest absolute Gasteiger partial charge is 0.242 e. The summed E-state index contributed by atoms with van der Waals surface area (Å²) in [4.78, 5) is 36.7. The number of hydrogen-bond acceptors (Lipinski definition) is 3. The van der Waals surface area contributed by atoms with Crippen molar-refractivity contribution in [2.45, 2.75) is 52.1 Å². The van der Waals surface area contributed by atoms with E-state index in [0.29, 0.717) is 12.5 Å². The standard InChI is InChI=1S/C19H27N3O3/c1-13(2)16-6-4-15(5-7-16)12-22(17-8-9-17)19(25)11-21-18(24)10-20-14(3)23/h4-7,13,17H,8-12H2,1-3H3,(H,20,23)(H,21,24). The first-order chi connectivity index (χ1) is 11.9. The van der Waals surface area contributed by atoms with Crippen molar-refractivity contribution in [3.63, 3.8) is 0 Å². The first-order valence-electron chi connectivity index (χ1n) is 8.76. The molecule has 6 heteroatoms. The van der Waals surface area contributed by atoms with Gasteiger partial charge in [0.15, 0.2) is 0 Å². The summed E-state index contributed by atoms with van der Waals surface area (Å²) in [7, 11) is 0. The molecule has 136 valence electrons. The number of carbonyl (C=O) groups is 3. The predicted molar refractivity (Wildman–Crippen MR) is 95.8 cm³/mol. The lowest BCUT2D eigenvalue weighted by molar-refractivity contribution is -0.133. The molecule has 0 unspecified atom stereocenters. The Labute approximate surface area is 149 Å². The van der Waals surface area contributed by atoms with E-state index in [1.807, 2.05) is 4.90 Å². The van der Waals surface area contributed by atoms with Gasteiger partial charge >= 0.3 is 0 Å². The van der Waals surface area contributed by atoms with Gasteiger partial charge in [-0.05, 0) is 29.9 Å². The van der Waals surface area contributed by atoms with Crippen molar-refractivity contribution in [1.29, 1.82) is 0 Å². The van der Waals surface area contributed by atoms with Crippen LogP contribution in [0.2, 0.25) is 0 Å². The van der Waals surface area contributed by atoms with Crippen LogP contribution < -0.4 is 10.6 Å². The Balaban J connectivity index is 1.88. The van der Waals surface area contributed by atoms with Crippen molar-refractivity contribution in [3.05, 3.63) is 35.4 Å². The second-order valence-electron chi connectivity index (χ2n) is 6.84. The number of carbonyl (C=O) groups excluding carboxylic acids is 3. The van der Waals surface area contributed by atoms with Crippen LogP contribution in [0.25, 0.3) is 0 Å². The Kier molecular flexibility index (Phi) is 6.56. The monoisotopic (exact) mass is 345 g/mol. The van der Waals surface area contributed by atoms with Crippen molar-refractivity contribution < 1.29 is 14.4 Å². The normalized spacial score (nSPS) is 13.4. The van der Waals surface area contributed by atoms with Gasteiger partial charge in [0.25, 0.3) is 0 Å². The Bertz CT molecular complexity index is 621. The molecule has 3 amide bonds. The zero-order valence-corrected chi connectivity index (χ0v) is 15.2. The average molecular weight is 345 g/mol. The zero-order valence-electron chi connectivity index (χ0n) is 15.2. The Morgan fingerprint density at radius 3 is 2.24 bits per heavy atom. The molecule has 1 aromatic rings. The van der Waals surface area contributed by atoms with Gasteiger partial charge in [0.1, 0.15) is 0 Å². The third-order valence-corrected chi connectivity index (χ3v) is 4.24. The van der Waals surface area contributed by atoms with E-state index in [1.54, 1.807) is 0 Å². The quantitative estimate of drug-likeness (QED) is 0.750. The van der Waals surface area contributed by atoms with Gasteiger partial charge < -0.3 is 15.5 Å². The number of nitrogens with zero attached hydrogens (tertiary/aromatic N) is 1. The minimum absolute atomic E-state index is 0.0427. The minimum atomic E-state index is -0.361. The van der Waals surface area contributed by atoms with Gasteiger partial charge in [0.2, 0.25) is 17.7 Å². The van der Waals surface area contributed by atoms with Crippen molar-refractivity contribution in [2.24, 2.45) is 0 Å². The summed E-state index contributed by atoms with van der Waals surface area (Å²) in [5.41, 5.74) is 2.37. The maximum atomic E-state index is 12.5. The van der Waals surface area contributed by atoms with Crippen LogP contribution in [-0.4, -0.2) is 41.8 Å². The number of amides is 3. The fourth-order valence-electron chi connectivity index (χ4n) is 2.55. The fourth-order valence-corrected chi connectivity index (χ4v) is 2.55. The second-order valence-corrected chi connectivity index (χ2v) is 6.84. The van der Waals surface area contributed by atoms with Crippen LogP contribution in [0.15, 0.2) is 24.3 Å². The van der Waals surface area contributed by atoms with Crippen molar-refractivity contribution >= 4 is 17.7 Å². The third-order valence-electron chi connectivity index (χ3n) is 4.24. The second kappa shape index (κ2) is 8.65. The van der Waals surface area contributed by atoms with Gasteiger partial charge in [0.05, 0.1) is 13.1 Å². The van der Waals surface area contributed by atoms with Gasteiger partial charge in [0, 0.05) is 19.5 Å². The highest BCUT2D eigenvalue weighted by atomic mass is 16.2. The summed E-state index contributed by atoms with van der Waals surface area (Å²) in [6.45, 7) is 6.06. The van der Waals surface area contributed by atoms with Gasteiger partial charge in [-0.1, -0.05) is 38.1 Å². The third kappa shape index (κ3) is 6.21. The molecule has 0 atom stereocenters. The highest BCUT2D eigenvalue weighted by Crippen LogP contribution is 2.28. The summed E-state index contributed by atoms with van der Waals surface area (Å²) in [6, 6.07) is 8.60. The van der Waals surface area contributed by atoms with E-state index in [-0.39, 0.29) is 36.9 Å². The zero-order chi connectivity index (χ0) is 18.4. The summed E-state index contributed by atoms with van der Waals surface area (Å²) >= 11 is 0. The van der Waals surface area contributed by atoms with Gasteiger partial charge in [-0.2, -0.15) is 0 Å². The summed E-state index contributed by atoms with van der Waals surface area (Å²) in [5.74, 6) is -0.243. The molecular formula is C19H27N3O3. The molecule has 1 aliphatic carbocycles. The van der Waals surface area contributed by atoms with Crippen molar-refractivity contribution in [3.8, 4) is 0 Å². The summed E-state index contributed by atoms with van der Waals surface area (Å²) < 4.78 is 0. The van der Waals surface area contributed by atoms with E-state index in [4.69, 9.17) is 0 Å². The van der Waals surface area contributed by atoms with E-state index in [2.05, 4.69) is 48.7 Å². The Morgan fingerprint density at radius 1 is 1.08 bits per heavy atom. The topological polar surface area (TPSA) is 78.5 Å². The maximum absolute atomic E-state index is 12.5. The first kappa shape index (κ1) is 19.0. The summed E-state index contributed by atoms with van der Waals surface area (Å²) in [5, 5.41) is 4.98. The van der Waals surface area contributed by atoms with Crippen LogP contribution in [-0.2, 0) is 20.9 Å². The molecule has 2 N–H and O–H groups in total. The molecule has 1 saturated carbocycles. The average Bonchev–Trinajstić information content (AvgIpc) is 3.40.